The minimum atomic E-state index is -0.143. The highest BCUT2D eigenvalue weighted by molar-refractivity contribution is 5.73. The number of likely N-dealkylation sites (tertiary alicyclic amines) is 1. The van der Waals surface area contributed by atoms with E-state index in [-0.39, 0.29) is 6.03 Å². The number of nitriles is 1. The second-order valence-corrected chi connectivity index (χ2v) is 6.75. The zero-order valence-corrected chi connectivity index (χ0v) is 14.8. The van der Waals surface area contributed by atoms with Crippen molar-refractivity contribution in [1.82, 2.24) is 15.5 Å². The van der Waals surface area contributed by atoms with Crippen molar-refractivity contribution < 1.29 is 4.79 Å². The van der Waals surface area contributed by atoms with Gasteiger partial charge in [-0.05, 0) is 42.1 Å². The van der Waals surface area contributed by atoms with Gasteiger partial charge in [0.2, 0.25) is 0 Å². The summed E-state index contributed by atoms with van der Waals surface area (Å²) in [4.78, 5) is 14.4. The van der Waals surface area contributed by atoms with E-state index in [9.17, 15) is 4.79 Å². The number of nitrogens with one attached hydrogen (secondary N) is 2. The first kappa shape index (κ1) is 18.0. The topological polar surface area (TPSA) is 68.2 Å². The summed E-state index contributed by atoms with van der Waals surface area (Å²) in [5.74, 6) is 0.499. The normalized spacial score (nSPS) is 16.8. The van der Waals surface area contributed by atoms with Gasteiger partial charge < -0.3 is 10.6 Å². The van der Waals surface area contributed by atoms with Crippen molar-refractivity contribution in [2.75, 3.05) is 19.6 Å². The highest BCUT2D eigenvalue weighted by Crippen LogP contribution is 2.18. The summed E-state index contributed by atoms with van der Waals surface area (Å²) in [5.41, 5.74) is 2.94. The molecule has 1 heterocycles. The lowest BCUT2D eigenvalue weighted by Gasteiger charge is -2.16. The van der Waals surface area contributed by atoms with Crippen LogP contribution >= 0.6 is 0 Å². The van der Waals surface area contributed by atoms with Gasteiger partial charge in [-0.2, -0.15) is 5.26 Å². The molecular formula is C21H24N4O. The van der Waals surface area contributed by atoms with Gasteiger partial charge in [-0.1, -0.05) is 42.5 Å². The van der Waals surface area contributed by atoms with Crippen LogP contribution in [0.3, 0.4) is 0 Å². The Morgan fingerprint density at radius 3 is 2.58 bits per heavy atom. The van der Waals surface area contributed by atoms with E-state index in [1.807, 2.05) is 18.2 Å². The molecule has 0 radical (unpaired) electrons. The van der Waals surface area contributed by atoms with E-state index < -0.39 is 0 Å². The predicted octanol–water partition coefficient (Wildman–Crippen LogP) is 2.88. The van der Waals surface area contributed by atoms with Crippen molar-refractivity contribution >= 4 is 6.03 Å². The molecule has 1 aliphatic rings. The molecule has 3 rings (SSSR count). The molecule has 2 amide bonds. The van der Waals surface area contributed by atoms with Gasteiger partial charge in [0.15, 0.2) is 0 Å². The molecule has 0 aromatic heterocycles. The molecule has 0 spiro atoms. The Morgan fingerprint density at radius 1 is 1.08 bits per heavy atom. The first-order valence-electron chi connectivity index (χ1n) is 9.00. The zero-order chi connectivity index (χ0) is 18.2. The van der Waals surface area contributed by atoms with Crippen LogP contribution in [0, 0.1) is 17.2 Å². The van der Waals surface area contributed by atoms with Crippen LogP contribution in [-0.2, 0) is 13.1 Å². The maximum Gasteiger partial charge on any atom is 0.315 e. The second-order valence-electron chi connectivity index (χ2n) is 6.75. The number of hydrogen-bond acceptors (Lipinski definition) is 3. The number of nitrogens with zero attached hydrogens (tertiary/aromatic N) is 2. The number of carbonyl (C=O) groups is 1. The maximum absolute atomic E-state index is 12.0. The van der Waals surface area contributed by atoms with E-state index >= 15 is 0 Å². The summed E-state index contributed by atoms with van der Waals surface area (Å²) >= 11 is 0. The van der Waals surface area contributed by atoms with E-state index in [4.69, 9.17) is 5.26 Å². The maximum atomic E-state index is 12.0. The molecule has 5 heteroatoms. The number of hydrogen-bond donors (Lipinski definition) is 2. The third-order valence-electron chi connectivity index (χ3n) is 4.71. The molecule has 134 valence electrons. The van der Waals surface area contributed by atoms with Gasteiger partial charge in [0.05, 0.1) is 11.6 Å². The van der Waals surface area contributed by atoms with Crippen LogP contribution in [0.5, 0.6) is 0 Å². The molecule has 0 aliphatic carbocycles. The van der Waals surface area contributed by atoms with Crippen molar-refractivity contribution in [3.63, 3.8) is 0 Å². The second kappa shape index (κ2) is 9.02. The number of carbonyl (C=O) groups excluding carboxylic acids is 1. The number of amides is 2. The lowest BCUT2D eigenvalue weighted by molar-refractivity contribution is 0.238. The van der Waals surface area contributed by atoms with Gasteiger partial charge in [0.25, 0.3) is 0 Å². The zero-order valence-electron chi connectivity index (χ0n) is 14.8. The van der Waals surface area contributed by atoms with Crippen LogP contribution in [0.4, 0.5) is 4.79 Å². The van der Waals surface area contributed by atoms with Crippen LogP contribution in [0.15, 0.2) is 54.6 Å². The van der Waals surface area contributed by atoms with Crippen molar-refractivity contribution in [2.45, 2.75) is 19.5 Å². The molecule has 1 atom stereocenters. The Bertz CT molecular complexity index is 752. The fourth-order valence-corrected chi connectivity index (χ4v) is 3.24. The summed E-state index contributed by atoms with van der Waals surface area (Å²) in [6.07, 6.45) is 1.11. The molecule has 0 bridgehead atoms. The van der Waals surface area contributed by atoms with Crippen LogP contribution in [0.1, 0.15) is 23.1 Å². The Labute approximate surface area is 154 Å². The molecule has 1 aliphatic heterocycles. The van der Waals surface area contributed by atoms with Crippen LogP contribution in [0.2, 0.25) is 0 Å². The summed E-state index contributed by atoms with van der Waals surface area (Å²) < 4.78 is 0. The van der Waals surface area contributed by atoms with E-state index in [1.165, 1.54) is 5.56 Å². The van der Waals surface area contributed by atoms with Gasteiger partial charge in [0, 0.05) is 26.2 Å². The van der Waals surface area contributed by atoms with E-state index in [0.29, 0.717) is 24.6 Å². The van der Waals surface area contributed by atoms with Crippen molar-refractivity contribution in [3.8, 4) is 6.07 Å². The van der Waals surface area contributed by atoms with E-state index in [2.05, 4.69) is 45.9 Å². The van der Waals surface area contributed by atoms with Gasteiger partial charge in [-0.25, -0.2) is 4.79 Å². The van der Waals surface area contributed by atoms with Gasteiger partial charge in [-0.3, -0.25) is 4.90 Å². The molecule has 2 aromatic carbocycles. The molecule has 5 nitrogen and oxygen atoms in total. The number of urea groups is 1. The Kier molecular flexibility index (Phi) is 6.24. The van der Waals surface area contributed by atoms with Crippen LogP contribution in [-0.4, -0.2) is 30.6 Å². The highest BCUT2D eigenvalue weighted by atomic mass is 16.2. The molecule has 1 fully saturated rings. The monoisotopic (exact) mass is 348 g/mol. The first-order valence-corrected chi connectivity index (χ1v) is 9.00. The smallest absolute Gasteiger partial charge is 0.315 e. The lowest BCUT2D eigenvalue weighted by Crippen LogP contribution is -2.38. The van der Waals surface area contributed by atoms with E-state index in [0.717, 1.165) is 31.6 Å². The number of rotatable bonds is 6. The SMILES string of the molecule is N#Cc1ccc(CNC(=O)NCC2CCN(Cc3ccccc3)C2)cc1. The average molecular weight is 348 g/mol. The predicted molar refractivity (Wildman–Crippen MR) is 101 cm³/mol. The third-order valence-corrected chi connectivity index (χ3v) is 4.71. The average Bonchev–Trinajstić information content (AvgIpc) is 3.13. The van der Waals surface area contributed by atoms with Crippen LogP contribution < -0.4 is 10.6 Å². The van der Waals surface area contributed by atoms with Crippen molar-refractivity contribution in [2.24, 2.45) is 5.92 Å². The Balaban J connectivity index is 1.35. The minimum Gasteiger partial charge on any atom is -0.338 e. The third kappa shape index (κ3) is 5.33. The van der Waals surface area contributed by atoms with Gasteiger partial charge in [-0.15, -0.1) is 0 Å². The first-order chi connectivity index (χ1) is 12.7. The fourth-order valence-electron chi connectivity index (χ4n) is 3.24. The molecule has 2 N–H and O–H groups in total. The molecule has 2 aromatic rings. The molecule has 1 unspecified atom stereocenters. The quantitative estimate of drug-likeness (QED) is 0.843. The standard InChI is InChI=1S/C21H24N4O/c22-12-17-6-8-18(9-7-17)13-23-21(26)24-14-20-10-11-25(16-20)15-19-4-2-1-3-5-19/h1-9,20H,10-11,13-16H2,(H2,23,24,26). The molecule has 1 saturated heterocycles. The van der Waals surface area contributed by atoms with E-state index in [1.54, 1.807) is 12.1 Å². The number of benzene rings is 2. The summed E-state index contributed by atoms with van der Waals surface area (Å²) in [7, 11) is 0. The summed E-state index contributed by atoms with van der Waals surface area (Å²) in [6.45, 7) is 4.23. The largest absolute Gasteiger partial charge is 0.338 e. The minimum absolute atomic E-state index is 0.143. The molecular weight excluding hydrogens is 324 g/mol. The summed E-state index contributed by atoms with van der Waals surface area (Å²) in [5, 5.41) is 14.6. The Hall–Kier alpha value is -2.84. The van der Waals surface area contributed by atoms with Crippen molar-refractivity contribution in [1.29, 1.82) is 5.26 Å². The highest BCUT2D eigenvalue weighted by Gasteiger charge is 2.22. The van der Waals surface area contributed by atoms with Gasteiger partial charge in [0.1, 0.15) is 0 Å². The van der Waals surface area contributed by atoms with Gasteiger partial charge >= 0.3 is 6.03 Å². The lowest BCUT2D eigenvalue weighted by atomic mass is 10.1. The van der Waals surface area contributed by atoms with Crippen LogP contribution in [0.25, 0.3) is 0 Å². The van der Waals surface area contributed by atoms with Crippen molar-refractivity contribution in [3.05, 3.63) is 71.3 Å². The fraction of sp³-hybridized carbons (Fsp3) is 0.333. The molecule has 0 saturated carbocycles. The Morgan fingerprint density at radius 2 is 1.85 bits per heavy atom. The summed E-state index contributed by atoms with van der Waals surface area (Å²) in [6, 6.07) is 19.7. The molecule has 26 heavy (non-hydrogen) atoms.